The van der Waals surface area contributed by atoms with E-state index >= 15 is 0 Å². The van der Waals surface area contributed by atoms with Crippen molar-refractivity contribution < 1.29 is 8.81 Å². The summed E-state index contributed by atoms with van der Waals surface area (Å²) >= 11 is 0. The van der Waals surface area contributed by atoms with Crippen LogP contribution < -0.4 is 5.43 Å². The summed E-state index contributed by atoms with van der Waals surface area (Å²) in [6.07, 6.45) is 3.03. The Morgan fingerprint density at radius 1 is 1.05 bits per heavy atom. The number of benzene rings is 2. The lowest BCUT2D eigenvalue weighted by molar-refractivity contribution is 0.602. The van der Waals surface area contributed by atoms with Gasteiger partial charge < -0.3 is 4.42 Å². The van der Waals surface area contributed by atoms with Crippen molar-refractivity contribution in [3.63, 3.8) is 0 Å². The normalized spacial score (nSPS) is 11.1. The third-order valence-electron chi connectivity index (χ3n) is 3.64. The predicted octanol–water partition coefficient (Wildman–Crippen LogP) is 4.15. The van der Waals surface area contributed by atoms with Crippen molar-refractivity contribution >= 4 is 21.9 Å². The van der Waals surface area contributed by atoms with Crippen LogP contribution in [0.4, 0.5) is 4.39 Å². The molecule has 0 amide bonds. The molecule has 0 aliphatic carbocycles. The summed E-state index contributed by atoms with van der Waals surface area (Å²) in [4.78, 5) is 16.1. The van der Waals surface area contributed by atoms with Crippen molar-refractivity contribution in [1.82, 2.24) is 4.98 Å². The summed E-state index contributed by atoms with van der Waals surface area (Å²) < 4.78 is 19.2. The first-order chi connectivity index (χ1) is 10.7. The Balaban J connectivity index is 2.05. The topological polar surface area (TPSA) is 43.1 Å². The Bertz CT molecular complexity index is 1070. The molecule has 3 nitrogen and oxygen atoms in total. The molecule has 106 valence electrons. The fourth-order valence-corrected chi connectivity index (χ4v) is 2.63. The monoisotopic (exact) mass is 291 g/mol. The Labute approximate surface area is 124 Å². The number of nitrogens with zero attached hydrogens (tertiary/aromatic N) is 1. The van der Waals surface area contributed by atoms with E-state index in [1.54, 1.807) is 30.5 Å². The van der Waals surface area contributed by atoms with Gasteiger partial charge in [0.05, 0.1) is 17.2 Å². The zero-order valence-corrected chi connectivity index (χ0v) is 11.4. The molecule has 0 radical (unpaired) electrons. The van der Waals surface area contributed by atoms with Crippen molar-refractivity contribution in [3.05, 3.63) is 77.0 Å². The molecule has 0 N–H and O–H groups in total. The summed E-state index contributed by atoms with van der Waals surface area (Å²) in [7, 11) is 0. The minimum Gasteiger partial charge on any atom is -0.464 e. The van der Waals surface area contributed by atoms with E-state index in [0.717, 1.165) is 10.9 Å². The molecule has 0 saturated carbocycles. The van der Waals surface area contributed by atoms with Crippen LogP contribution in [0.25, 0.3) is 33.0 Å². The maximum Gasteiger partial charge on any atom is 0.192 e. The van der Waals surface area contributed by atoms with E-state index < -0.39 is 0 Å². The molecule has 0 atom stereocenters. The van der Waals surface area contributed by atoms with Crippen molar-refractivity contribution in [1.29, 1.82) is 0 Å². The lowest BCUT2D eigenvalue weighted by Gasteiger charge is -2.07. The Morgan fingerprint density at radius 3 is 2.86 bits per heavy atom. The molecule has 0 fully saturated rings. The molecular weight excluding hydrogens is 281 g/mol. The first-order valence-corrected chi connectivity index (χ1v) is 6.78. The number of hydrogen-bond acceptors (Lipinski definition) is 3. The lowest BCUT2D eigenvalue weighted by Crippen LogP contribution is -1.97. The first-order valence-electron chi connectivity index (χ1n) is 6.78. The van der Waals surface area contributed by atoms with E-state index in [0.29, 0.717) is 22.0 Å². The maximum atomic E-state index is 13.9. The van der Waals surface area contributed by atoms with E-state index in [1.165, 1.54) is 24.5 Å². The third-order valence-corrected chi connectivity index (χ3v) is 3.64. The molecule has 0 aliphatic heterocycles. The summed E-state index contributed by atoms with van der Waals surface area (Å²) in [5.74, 6) is -0.329. The van der Waals surface area contributed by atoms with E-state index in [9.17, 15) is 9.18 Å². The van der Waals surface area contributed by atoms with Crippen molar-refractivity contribution in [2.45, 2.75) is 0 Å². The quantitative estimate of drug-likeness (QED) is 0.529. The van der Waals surface area contributed by atoms with Gasteiger partial charge in [-0.15, -0.1) is 0 Å². The number of hydrogen-bond donors (Lipinski definition) is 0. The fourth-order valence-electron chi connectivity index (χ4n) is 2.63. The van der Waals surface area contributed by atoms with Crippen LogP contribution in [-0.4, -0.2) is 4.98 Å². The summed E-state index contributed by atoms with van der Waals surface area (Å²) in [6.45, 7) is 0. The Kier molecular flexibility index (Phi) is 2.76. The molecule has 22 heavy (non-hydrogen) atoms. The number of pyridine rings is 1. The average Bonchev–Trinajstić information content (AvgIpc) is 2.54. The van der Waals surface area contributed by atoms with Gasteiger partial charge in [-0.05, 0) is 35.9 Å². The van der Waals surface area contributed by atoms with Gasteiger partial charge in [0, 0.05) is 23.2 Å². The van der Waals surface area contributed by atoms with Gasteiger partial charge in [-0.3, -0.25) is 9.78 Å². The lowest BCUT2D eigenvalue weighted by atomic mass is 10.0. The molecular formula is C18H10FNO2. The summed E-state index contributed by atoms with van der Waals surface area (Å²) in [6, 6.07) is 13.1. The predicted molar refractivity (Wildman–Crippen MR) is 83.2 cm³/mol. The third kappa shape index (κ3) is 1.97. The smallest absolute Gasteiger partial charge is 0.192 e. The molecule has 2 heterocycles. The van der Waals surface area contributed by atoms with E-state index in [4.69, 9.17) is 4.42 Å². The minimum atomic E-state index is -0.329. The fraction of sp³-hybridized carbons (Fsp3) is 0. The highest BCUT2D eigenvalue weighted by Crippen LogP contribution is 2.30. The van der Waals surface area contributed by atoms with Gasteiger partial charge in [-0.2, -0.15) is 0 Å². The van der Waals surface area contributed by atoms with Crippen LogP contribution in [0.3, 0.4) is 0 Å². The summed E-state index contributed by atoms with van der Waals surface area (Å²) in [5, 5.41) is 1.23. The van der Waals surface area contributed by atoms with Gasteiger partial charge in [0.25, 0.3) is 0 Å². The number of aromatic nitrogens is 1. The second-order valence-corrected chi connectivity index (χ2v) is 5.02. The van der Waals surface area contributed by atoms with Gasteiger partial charge in [0.1, 0.15) is 11.4 Å². The molecule has 2 aromatic heterocycles. The SMILES string of the molecule is O=c1ccoc2cc(-c3cc(F)cc4cccnc34)ccc12. The van der Waals surface area contributed by atoms with Crippen LogP contribution in [0.5, 0.6) is 0 Å². The van der Waals surface area contributed by atoms with Crippen LogP contribution in [0.1, 0.15) is 0 Å². The van der Waals surface area contributed by atoms with Crippen LogP contribution in [0.15, 0.2) is 70.2 Å². The molecule has 0 unspecified atom stereocenters. The Hall–Kier alpha value is -3.01. The van der Waals surface area contributed by atoms with Crippen LogP contribution in [0, 0.1) is 5.82 Å². The highest BCUT2D eigenvalue weighted by atomic mass is 19.1. The summed E-state index contributed by atoms with van der Waals surface area (Å²) in [5.41, 5.74) is 2.50. The van der Waals surface area contributed by atoms with Gasteiger partial charge in [0.2, 0.25) is 0 Å². The molecule has 4 heteroatoms. The molecule has 0 bridgehead atoms. The zero-order chi connectivity index (χ0) is 15.1. The van der Waals surface area contributed by atoms with E-state index in [-0.39, 0.29) is 11.2 Å². The minimum absolute atomic E-state index is 0.102. The van der Waals surface area contributed by atoms with E-state index in [1.807, 2.05) is 6.07 Å². The number of fused-ring (bicyclic) bond motifs is 2. The molecule has 4 aromatic rings. The number of halogens is 1. The van der Waals surface area contributed by atoms with Crippen molar-refractivity contribution in [2.24, 2.45) is 0 Å². The second kappa shape index (κ2) is 4.77. The zero-order valence-electron chi connectivity index (χ0n) is 11.4. The number of rotatable bonds is 1. The highest BCUT2D eigenvalue weighted by molar-refractivity contribution is 5.95. The molecule has 2 aromatic carbocycles. The largest absolute Gasteiger partial charge is 0.464 e. The first kappa shape index (κ1) is 12.7. The molecule has 0 spiro atoms. The highest BCUT2D eigenvalue weighted by Gasteiger charge is 2.09. The second-order valence-electron chi connectivity index (χ2n) is 5.02. The van der Waals surface area contributed by atoms with E-state index in [2.05, 4.69) is 4.98 Å². The van der Waals surface area contributed by atoms with Gasteiger partial charge in [-0.25, -0.2) is 4.39 Å². The molecule has 0 saturated heterocycles. The maximum absolute atomic E-state index is 13.9. The van der Waals surface area contributed by atoms with Crippen molar-refractivity contribution in [3.8, 4) is 11.1 Å². The Morgan fingerprint density at radius 2 is 1.95 bits per heavy atom. The molecule has 0 aliphatic rings. The van der Waals surface area contributed by atoms with Gasteiger partial charge in [0.15, 0.2) is 5.43 Å². The van der Waals surface area contributed by atoms with Gasteiger partial charge in [-0.1, -0.05) is 12.1 Å². The average molecular weight is 291 g/mol. The van der Waals surface area contributed by atoms with Gasteiger partial charge >= 0.3 is 0 Å². The van der Waals surface area contributed by atoms with Crippen LogP contribution in [-0.2, 0) is 0 Å². The molecule has 4 rings (SSSR count). The standard InChI is InChI=1S/C18H10FNO2/c19-13-8-12-2-1-6-20-18(12)15(10-13)11-3-4-14-16(21)5-7-22-17(14)9-11/h1-10H. The van der Waals surface area contributed by atoms with Crippen LogP contribution >= 0.6 is 0 Å². The van der Waals surface area contributed by atoms with Crippen LogP contribution in [0.2, 0.25) is 0 Å². The van der Waals surface area contributed by atoms with Crippen molar-refractivity contribution in [2.75, 3.05) is 0 Å².